The Balaban J connectivity index is 1.59. The van der Waals surface area contributed by atoms with Crippen molar-refractivity contribution < 1.29 is 64.6 Å². The van der Waals surface area contributed by atoms with Gasteiger partial charge in [-0.1, -0.05) is 175 Å². The summed E-state index contributed by atoms with van der Waals surface area (Å²) in [6.45, 7) is 2.47. The minimum absolute atomic E-state index is 0.262. The number of aliphatic hydroxyl groups excluding tert-OH is 8. The average molecular weight is 1000 g/mol. The van der Waals surface area contributed by atoms with Crippen LogP contribution < -0.4 is 5.32 Å². The van der Waals surface area contributed by atoms with E-state index < -0.39 is 86.8 Å². The molecule has 0 spiro atoms. The summed E-state index contributed by atoms with van der Waals surface area (Å²) in [5.41, 5.74) is 0. The number of nitrogens with one attached hydrogen (secondary N) is 1. The lowest BCUT2D eigenvalue weighted by Gasteiger charge is -2.46. The van der Waals surface area contributed by atoms with Crippen LogP contribution >= 0.6 is 0 Å². The third-order valence-electron chi connectivity index (χ3n) is 12.2. The second-order valence-corrected chi connectivity index (χ2v) is 18.3. The average Bonchev–Trinajstić information content (AvgIpc) is 3.37. The molecule has 2 aliphatic heterocycles. The topological polar surface area (TPSA) is 228 Å². The molecule has 0 aromatic rings. The van der Waals surface area contributed by atoms with Crippen molar-refractivity contribution in [3.63, 3.8) is 0 Å². The standard InChI is InChI=1S/C57H93NO13/c1-3-5-7-9-10-11-12-13-14-15-16-17-18-19-20-21-22-23-24-25-26-27-28-29-30-31-32-33-34-35-36-37-39-41-49(62)58-45(46(61)40-38-8-6-4-2)44-68-56-54(67)52(65)55(48(43-60)70-56)71-57-53(66)51(64)50(63)47(42-59)69-57/h5,7,10-11,13-14,16-17,19-20,22-23,25-26,28-29,38,40,45-48,50-57,59-61,63-67H,3-4,6,8-9,12,15,18,21,24,27,30-37,39,41-44H2,1-2H3,(H,58,62)/b7-5-,11-10-,14-13-,17-16-,20-19-,23-22-,26-25-,29-28-,40-38+. The van der Waals surface area contributed by atoms with Crippen molar-refractivity contribution >= 4 is 5.91 Å². The third kappa shape index (κ3) is 28.6. The molecule has 2 rings (SSSR count). The van der Waals surface area contributed by atoms with E-state index in [1.807, 2.05) is 6.08 Å². The predicted molar refractivity (Wildman–Crippen MR) is 281 cm³/mol. The first-order chi connectivity index (χ1) is 34.6. The van der Waals surface area contributed by atoms with Crippen LogP contribution in [0.15, 0.2) is 109 Å². The van der Waals surface area contributed by atoms with E-state index in [0.29, 0.717) is 6.42 Å². The zero-order valence-corrected chi connectivity index (χ0v) is 42.9. The van der Waals surface area contributed by atoms with Gasteiger partial charge in [-0.05, 0) is 77.0 Å². The summed E-state index contributed by atoms with van der Waals surface area (Å²) in [5, 5.41) is 86.1. The van der Waals surface area contributed by atoms with Crippen LogP contribution in [0.3, 0.4) is 0 Å². The largest absolute Gasteiger partial charge is 0.394 e. The minimum Gasteiger partial charge on any atom is -0.394 e. The van der Waals surface area contributed by atoms with Gasteiger partial charge in [0.25, 0.3) is 0 Å². The summed E-state index contributed by atoms with van der Waals surface area (Å²) in [6, 6.07) is -0.922. The van der Waals surface area contributed by atoms with Crippen LogP contribution in [0, 0.1) is 0 Å². The molecule has 0 radical (unpaired) electrons. The fourth-order valence-corrected chi connectivity index (χ4v) is 7.88. The molecule has 0 bridgehead atoms. The Kier molecular flexibility index (Phi) is 37.8. The number of hydrogen-bond acceptors (Lipinski definition) is 13. The summed E-state index contributed by atoms with van der Waals surface area (Å²) in [7, 11) is 0. The molecule has 2 saturated heterocycles. The van der Waals surface area contributed by atoms with E-state index in [4.69, 9.17) is 18.9 Å². The monoisotopic (exact) mass is 1000 g/mol. The first-order valence-corrected chi connectivity index (χ1v) is 26.6. The summed E-state index contributed by atoms with van der Waals surface area (Å²) < 4.78 is 22.5. The van der Waals surface area contributed by atoms with E-state index in [-0.39, 0.29) is 18.9 Å². The van der Waals surface area contributed by atoms with Crippen molar-refractivity contribution in [2.24, 2.45) is 0 Å². The molecule has 2 aliphatic rings. The Morgan fingerprint density at radius 1 is 0.521 bits per heavy atom. The SMILES string of the molecule is CC/C=C\C/C=C\C/C=C\C/C=C\C/C=C\C/C=C\C/C=C\C/C=C\CCCCCCCCCCC(=O)NC(COC1OC(CO)C(OC2OC(CO)C(O)C(O)C2O)C(O)C1O)C(O)/C=C/CCCC. The van der Waals surface area contributed by atoms with Gasteiger partial charge in [-0.2, -0.15) is 0 Å². The molecule has 0 saturated carbocycles. The number of unbranched alkanes of at least 4 members (excludes halogenated alkanes) is 10. The molecule has 2 heterocycles. The Morgan fingerprint density at radius 3 is 1.48 bits per heavy atom. The lowest BCUT2D eigenvalue weighted by molar-refractivity contribution is -0.359. The predicted octanol–water partition coefficient (Wildman–Crippen LogP) is 7.71. The van der Waals surface area contributed by atoms with Crippen molar-refractivity contribution in [2.45, 2.75) is 222 Å². The number of amides is 1. The first kappa shape index (κ1) is 63.8. The highest BCUT2D eigenvalue weighted by Crippen LogP contribution is 2.30. The maximum atomic E-state index is 13.0. The van der Waals surface area contributed by atoms with Gasteiger partial charge >= 0.3 is 0 Å². The number of rotatable bonds is 39. The molecule has 0 aromatic carbocycles. The second-order valence-electron chi connectivity index (χ2n) is 18.3. The molecular formula is C57H93NO13. The van der Waals surface area contributed by atoms with Crippen LogP contribution in [0.5, 0.6) is 0 Å². The maximum Gasteiger partial charge on any atom is 0.220 e. The van der Waals surface area contributed by atoms with E-state index in [1.54, 1.807) is 6.08 Å². The molecule has 9 N–H and O–H groups in total. The number of hydrogen-bond donors (Lipinski definition) is 9. The quantitative estimate of drug-likeness (QED) is 0.0213. The molecule has 14 nitrogen and oxygen atoms in total. The van der Waals surface area contributed by atoms with Crippen molar-refractivity contribution in [2.75, 3.05) is 19.8 Å². The normalized spacial score (nSPS) is 26.7. The smallest absolute Gasteiger partial charge is 0.220 e. The van der Waals surface area contributed by atoms with Crippen LogP contribution in [-0.2, 0) is 23.7 Å². The highest BCUT2D eigenvalue weighted by atomic mass is 16.7. The number of aliphatic hydroxyl groups is 8. The van der Waals surface area contributed by atoms with Crippen LogP contribution in [0.25, 0.3) is 0 Å². The lowest BCUT2D eigenvalue weighted by atomic mass is 9.97. The molecule has 0 aliphatic carbocycles. The maximum absolute atomic E-state index is 13.0. The molecule has 12 unspecified atom stereocenters. The minimum atomic E-state index is -1.79. The first-order valence-electron chi connectivity index (χ1n) is 26.6. The van der Waals surface area contributed by atoms with Crippen molar-refractivity contribution in [1.29, 1.82) is 0 Å². The van der Waals surface area contributed by atoms with Gasteiger partial charge in [-0.3, -0.25) is 4.79 Å². The Bertz CT molecular complexity index is 1600. The zero-order valence-electron chi connectivity index (χ0n) is 42.9. The second kappa shape index (κ2) is 42.1. The van der Waals surface area contributed by atoms with Gasteiger partial charge in [0.05, 0.1) is 32.0 Å². The lowest BCUT2D eigenvalue weighted by Crippen LogP contribution is -2.65. The van der Waals surface area contributed by atoms with E-state index in [0.717, 1.165) is 103 Å². The fraction of sp³-hybridized carbons (Fsp3) is 0.667. The van der Waals surface area contributed by atoms with E-state index in [2.05, 4.69) is 116 Å². The molecule has 404 valence electrons. The fourth-order valence-electron chi connectivity index (χ4n) is 7.88. The summed E-state index contributed by atoms with van der Waals surface area (Å²) in [6.07, 6.45) is 42.3. The number of carbonyl (C=O) groups excluding carboxylic acids is 1. The molecule has 0 aromatic heterocycles. The Labute approximate surface area is 425 Å². The molecule has 2 fully saturated rings. The highest BCUT2D eigenvalue weighted by molar-refractivity contribution is 5.76. The number of allylic oxidation sites excluding steroid dienone is 17. The zero-order chi connectivity index (χ0) is 51.7. The van der Waals surface area contributed by atoms with E-state index in [9.17, 15) is 45.6 Å². The summed E-state index contributed by atoms with van der Waals surface area (Å²) in [5.74, 6) is -0.264. The van der Waals surface area contributed by atoms with Gasteiger partial charge in [-0.15, -0.1) is 0 Å². The Hall–Kier alpha value is -3.35. The third-order valence-corrected chi connectivity index (χ3v) is 12.2. The van der Waals surface area contributed by atoms with E-state index >= 15 is 0 Å². The highest BCUT2D eigenvalue weighted by Gasteiger charge is 2.51. The van der Waals surface area contributed by atoms with Gasteiger partial charge in [0, 0.05) is 6.42 Å². The van der Waals surface area contributed by atoms with Gasteiger partial charge in [0.1, 0.15) is 48.8 Å². The van der Waals surface area contributed by atoms with Crippen LogP contribution in [0.4, 0.5) is 0 Å². The number of carbonyl (C=O) groups is 1. The van der Waals surface area contributed by atoms with Crippen LogP contribution in [-0.4, -0.2) is 140 Å². The van der Waals surface area contributed by atoms with Gasteiger partial charge in [0.2, 0.25) is 5.91 Å². The Morgan fingerprint density at radius 2 is 0.972 bits per heavy atom. The number of ether oxygens (including phenoxy) is 4. The summed E-state index contributed by atoms with van der Waals surface area (Å²) >= 11 is 0. The van der Waals surface area contributed by atoms with Crippen LogP contribution in [0.1, 0.15) is 149 Å². The van der Waals surface area contributed by atoms with Crippen molar-refractivity contribution in [1.82, 2.24) is 5.32 Å². The molecular weight excluding hydrogens is 907 g/mol. The van der Waals surface area contributed by atoms with Crippen molar-refractivity contribution in [3.8, 4) is 0 Å². The van der Waals surface area contributed by atoms with Gasteiger partial charge in [-0.25, -0.2) is 0 Å². The molecule has 1 amide bonds. The summed E-state index contributed by atoms with van der Waals surface area (Å²) in [4.78, 5) is 13.0. The van der Waals surface area contributed by atoms with Crippen molar-refractivity contribution in [3.05, 3.63) is 109 Å². The molecule has 12 atom stereocenters. The molecule has 14 heteroatoms. The van der Waals surface area contributed by atoms with E-state index in [1.165, 1.54) is 19.3 Å². The van der Waals surface area contributed by atoms with Gasteiger partial charge in [0.15, 0.2) is 12.6 Å². The van der Waals surface area contributed by atoms with Gasteiger partial charge < -0.3 is 65.1 Å². The van der Waals surface area contributed by atoms with Crippen LogP contribution in [0.2, 0.25) is 0 Å². The molecule has 71 heavy (non-hydrogen) atoms.